The van der Waals surface area contributed by atoms with Gasteiger partial charge in [0.05, 0.1) is 17.9 Å². The van der Waals surface area contributed by atoms with Crippen molar-refractivity contribution in [3.05, 3.63) is 41.6 Å². The number of hydrogen-bond acceptors (Lipinski definition) is 4. The number of aromatic nitrogens is 2. The molecule has 6 heteroatoms. The van der Waals surface area contributed by atoms with Gasteiger partial charge in [-0.05, 0) is 26.0 Å². The normalized spacial score (nSPS) is 10.9. The van der Waals surface area contributed by atoms with Gasteiger partial charge in [0.15, 0.2) is 0 Å². The topological polar surface area (TPSA) is 84.1 Å². The van der Waals surface area contributed by atoms with Crippen molar-refractivity contribution in [3.8, 4) is 0 Å². The maximum absolute atomic E-state index is 12.3. The Kier molecular flexibility index (Phi) is 3.97. The first-order chi connectivity index (χ1) is 11.1. The van der Waals surface area contributed by atoms with Crippen LogP contribution in [-0.2, 0) is 9.53 Å². The number of benzene rings is 1. The number of aromatic amines is 1. The van der Waals surface area contributed by atoms with Gasteiger partial charge < -0.3 is 15.0 Å². The summed E-state index contributed by atoms with van der Waals surface area (Å²) in [5.74, 6) is -0.796. The van der Waals surface area contributed by atoms with E-state index in [2.05, 4.69) is 15.3 Å². The van der Waals surface area contributed by atoms with Gasteiger partial charge in [-0.15, -0.1) is 0 Å². The van der Waals surface area contributed by atoms with E-state index in [1.54, 1.807) is 19.9 Å². The Morgan fingerprint density at radius 1 is 1.26 bits per heavy atom. The Bertz CT molecular complexity index is 899. The first kappa shape index (κ1) is 15.0. The minimum atomic E-state index is -0.459. The molecular formula is C17H17N3O3. The Hall–Kier alpha value is -2.89. The molecule has 0 unspecified atom stereocenters. The molecule has 0 aliphatic carbocycles. The summed E-state index contributed by atoms with van der Waals surface area (Å²) >= 11 is 0. The molecule has 0 saturated heterocycles. The Balaban J connectivity index is 1.94. The number of para-hydroxylation sites is 1. The molecule has 0 spiro atoms. The second kappa shape index (κ2) is 6.08. The quantitative estimate of drug-likeness (QED) is 0.724. The van der Waals surface area contributed by atoms with E-state index in [4.69, 9.17) is 4.74 Å². The molecule has 0 aliphatic rings. The predicted molar refractivity (Wildman–Crippen MR) is 87.3 cm³/mol. The van der Waals surface area contributed by atoms with E-state index in [1.165, 1.54) is 0 Å². The fraction of sp³-hybridized carbons (Fsp3) is 0.235. The third kappa shape index (κ3) is 2.88. The van der Waals surface area contributed by atoms with Crippen molar-refractivity contribution < 1.29 is 14.3 Å². The first-order valence-corrected chi connectivity index (χ1v) is 7.42. The lowest BCUT2D eigenvalue weighted by Gasteiger charge is -2.07. The van der Waals surface area contributed by atoms with Gasteiger partial charge in [-0.25, -0.2) is 4.98 Å². The highest BCUT2D eigenvalue weighted by Crippen LogP contribution is 2.25. The van der Waals surface area contributed by atoms with E-state index >= 15 is 0 Å². The van der Waals surface area contributed by atoms with Gasteiger partial charge in [-0.1, -0.05) is 18.2 Å². The van der Waals surface area contributed by atoms with Crippen molar-refractivity contribution in [1.82, 2.24) is 15.3 Å². The minimum Gasteiger partial charge on any atom is -0.465 e. The molecule has 0 fully saturated rings. The number of fused-ring (bicyclic) bond motifs is 3. The van der Waals surface area contributed by atoms with Crippen molar-refractivity contribution in [1.29, 1.82) is 0 Å². The molecule has 0 aliphatic heterocycles. The monoisotopic (exact) mass is 311 g/mol. The largest absolute Gasteiger partial charge is 0.465 e. The lowest BCUT2D eigenvalue weighted by molar-refractivity contribution is -0.141. The molecule has 23 heavy (non-hydrogen) atoms. The summed E-state index contributed by atoms with van der Waals surface area (Å²) in [6.07, 6.45) is 0. The lowest BCUT2D eigenvalue weighted by atomic mass is 10.1. The zero-order valence-corrected chi connectivity index (χ0v) is 13.0. The predicted octanol–water partition coefficient (Wildman–Crippen LogP) is 2.32. The van der Waals surface area contributed by atoms with E-state index in [0.717, 1.165) is 21.9 Å². The second-order valence-electron chi connectivity index (χ2n) is 5.18. The van der Waals surface area contributed by atoms with Crippen LogP contribution in [0.1, 0.15) is 23.0 Å². The molecule has 2 N–H and O–H groups in total. The van der Waals surface area contributed by atoms with E-state index in [1.807, 2.05) is 24.3 Å². The molecule has 3 aromatic rings. The number of hydrogen-bond donors (Lipinski definition) is 2. The van der Waals surface area contributed by atoms with E-state index in [9.17, 15) is 9.59 Å². The van der Waals surface area contributed by atoms with Crippen molar-refractivity contribution in [2.75, 3.05) is 13.2 Å². The fourth-order valence-corrected chi connectivity index (χ4v) is 2.55. The number of carbonyl (C=O) groups is 2. The molecule has 3 rings (SSSR count). The van der Waals surface area contributed by atoms with Gasteiger partial charge in [-0.3, -0.25) is 9.59 Å². The number of pyridine rings is 1. The smallest absolute Gasteiger partial charge is 0.325 e. The van der Waals surface area contributed by atoms with E-state index in [-0.39, 0.29) is 19.1 Å². The summed E-state index contributed by atoms with van der Waals surface area (Å²) in [6, 6.07) is 9.63. The number of carbonyl (C=O) groups excluding carboxylic acids is 2. The number of aryl methyl sites for hydroxylation is 1. The van der Waals surface area contributed by atoms with Crippen LogP contribution in [-0.4, -0.2) is 35.0 Å². The van der Waals surface area contributed by atoms with Crippen LogP contribution in [0, 0.1) is 6.92 Å². The van der Waals surface area contributed by atoms with Gasteiger partial charge in [0, 0.05) is 16.3 Å². The van der Waals surface area contributed by atoms with Crippen molar-refractivity contribution in [2.24, 2.45) is 0 Å². The molecule has 118 valence electrons. The van der Waals surface area contributed by atoms with Crippen LogP contribution in [0.15, 0.2) is 30.3 Å². The Morgan fingerprint density at radius 2 is 2.04 bits per heavy atom. The number of nitrogens with one attached hydrogen (secondary N) is 2. The standard InChI is InChI=1S/C17H17N3O3/c1-3-23-15(21)9-18-17(22)12-8-13-11-6-4-5-7-14(11)20-16(13)19-10(12)2/h4-8H,3,9H2,1-2H3,(H,18,22)(H,19,20). The van der Waals surface area contributed by atoms with Crippen LogP contribution in [0.5, 0.6) is 0 Å². The second-order valence-corrected chi connectivity index (χ2v) is 5.18. The van der Waals surface area contributed by atoms with Crippen LogP contribution >= 0.6 is 0 Å². The van der Waals surface area contributed by atoms with Crippen LogP contribution in [0.3, 0.4) is 0 Å². The third-order valence-corrected chi connectivity index (χ3v) is 3.63. The Labute approximate surface area is 132 Å². The van der Waals surface area contributed by atoms with Gasteiger partial charge in [0.1, 0.15) is 12.2 Å². The summed E-state index contributed by atoms with van der Waals surface area (Å²) in [7, 11) is 0. The third-order valence-electron chi connectivity index (χ3n) is 3.63. The molecule has 0 saturated carbocycles. The summed E-state index contributed by atoms with van der Waals surface area (Å²) in [5, 5.41) is 4.46. The highest BCUT2D eigenvalue weighted by Gasteiger charge is 2.15. The number of nitrogens with zero attached hydrogens (tertiary/aromatic N) is 1. The average molecular weight is 311 g/mol. The number of H-pyrrole nitrogens is 1. The van der Waals surface area contributed by atoms with E-state index in [0.29, 0.717) is 11.3 Å². The van der Waals surface area contributed by atoms with Gasteiger partial charge in [0.2, 0.25) is 0 Å². The summed E-state index contributed by atoms with van der Waals surface area (Å²) in [4.78, 5) is 31.4. The Morgan fingerprint density at radius 3 is 2.83 bits per heavy atom. The molecule has 2 heterocycles. The van der Waals surface area contributed by atoms with Crippen molar-refractivity contribution >= 4 is 33.8 Å². The highest BCUT2D eigenvalue weighted by atomic mass is 16.5. The first-order valence-electron chi connectivity index (χ1n) is 7.42. The van der Waals surface area contributed by atoms with Crippen molar-refractivity contribution in [3.63, 3.8) is 0 Å². The summed E-state index contributed by atoms with van der Waals surface area (Å²) in [5.41, 5.74) is 2.76. The minimum absolute atomic E-state index is 0.155. The maximum Gasteiger partial charge on any atom is 0.325 e. The molecule has 0 radical (unpaired) electrons. The zero-order valence-electron chi connectivity index (χ0n) is 13.0. The molecule has 1 amide bonds. The molecular weight excluding hydrogens is 294 g/mol. The number of ether oxygens (including phenoxy) is 1. The van der Waals surface area contributed by atoms with Gasteiger partial charge >= 0.3 is 5.97 Å². The number of esters is 1. The van der Waals surface area contributed by atoms with Crippen molar-refractivity contribution in [2.45, 2.75) is 13.8 Å². The highest BCUT2D eigenvalue weighted by molar-refractivity contribution is 6.09. The number of rotatable bonds is 4. The van der Waals surface area contributed by atoms with Crippen LogP contribution in [0.25, 0.3) is 21.9 Å². The maximum atomic E-state index is 12.3. The SMILES string of the molecule is CCOC(=O)CNC(=O)c1cc2c(nc1C)[nH]c1ccccc12. The molecule has 2 aromatic heterocycles. The molecule has 1 aromatic carbocycles. The van der Waals surface area contributed by atoms with Gasteiger partial charge in [-0.2, -0.15) is 0 Å². The number of amides is 1. The fourth-order valence-electron chi connectivity index (χ4n) is 2.55. The van der Waals surface area contributed by atoms with Crippen LogP contribution in [0.4, 0.5) is 0 Å². The molecule has 6 nitrogen and oxygen atoms in total. The van der Waals surface area contributed by atoms with Crippen LogP contribution in [0.2, 0.25) is 0 Å². The average Bonchev–Trinajstić information content (AvgIpc) is 2.89. The van der Waals surface area contributed by atoms with Crippen LogP contribution < -0.4 is 5.32 Å². The zero-order chi connectivity index (χ0) is 16.4. The van der Waals surface area contributed by atoms with Gasteiger partial charge in [0.25, 0.3) is 5.91 Å². The molecule has 0 atom stereocenters. The lowest BCUT2D eigenvalue weighted by Crippen LogP contribution is -2.31. The molecule has 0 bridgehead atoms. The summed E-state index contributed by atoms with van der Waals surface area (Å²) in [6.45, 7) is 3.62. The van der Waals surface area contributed by atoms with E-state index < -0.39 is 5.97 Å². The summed E-state index contributed by atoms with van der Waals surface area (Å²) < 4.78 is 4.80.